The second-order valence-corrected chi connectivity index (χ2v) is 5.58. The van der Waals surface area contributed by atoms with Gasteiger partial charge in [-0.15, -0.1) is 0 Å². The molecular formula is C15H17N3S. The van der Waals surface area contributed by atoms with Gasteiger partial charge >= 0.3 is 0 Å². The molecule has 1 aromatic carbocycles. The van der Waals surface area contributed by atoms with E-state index in [0.717, 1.165) is 24.4 Å². The van der Waals surface area contributed by atoms with Gasteiger partial charge < -0.3 is 5.32 Å². The van der Waals surface area contributed by atoms with Crippen LogP contribution in [0.2, 0.25) is 0 Å². The van der Waals surface area contributed by atoms with Crippen molar-refractivity contribution in [3.63, 3.8) is 0 Å². The molecule has 1 saturated carbocycles. The summed E-state index contributed by atoms with van der Waals surface area (Å²) in [6.07, 6.45) is 6.75. The van der Waals surface area contributed by atoms with Gasteiger partial charge in [0.25, 0.3) is 0 Å². The molecule has 0 aliphatic heterocycles. The monoisotopic (exact) mass is 271 g/mol. The van der Waals surface area contributed by atoms with E-state index in [0.29, 0.717) is 11.0 Å². The zero-order valence-corrected chi connectivity index (χ0v) is 11.7. The fraction of sp³-hybridized carbons (Fsp3) is 0.333. The Morgan fingerprint density at radius 1 is 1.32 bits per heavy atom. The lowest BCUT2D eigenvalue weighted by atomic mass is 9.74. The smallest absolute Gasteiger partial charge is 0.191 e. The highest BCUT2D eigenvalue weighted by atomic mass is 32.1. The highest BCUT2D eigenvalue weighted by molar-refractivity contribution is 7.80. The molecular weight excluding hydrogens is 254 g/mol. The molecule has 0 bridgehead atoms. The van der Waals surface area contributed by atoms with Crippen LogP contribution in [0.15, 0.2) is 41.5 Å². The lowest BCUT2D eigenvalue weighted by Crippen LogP contribution is -2.36. The Balaban J connectivity index is 1.52. The molecule has 1 aromatic rings. The van der Waals surface area contributed by atoms with Crippen LogP contribution in [0.4, 0.5) is 5.69 Å². The summed E-state index contributed by atoms with van der Waals surface area (Å²) in [5.74, 6) is 1.34. The Labute approximate surface area is 118 Å². The summed E-state index contributed by atoms with van der Waals surface area (Å²) in [6.45, 7) is 2.06. The minimum absolute atomic E-state index is 0.547. The number of allylic oxidation sites excluding steroid dienone is 2. The van der Waals surface area contributed by atoms with E-state index in [1.807, 2.05) is 12.1 Å². The molecule has 0 amide bonds. The first-order valence-electron chi connectivity index (χ1n) is 6.59. The third kappa shape index (κ3) is 2.68. The van der Waals surface area contributed by atoms with Crippen LogP contribution in [-0.4, -0.2) is 10.8 Å². The third-order valence-electron chi connectivity index (χ3n) is 3.77. The number of hydrogen-bond donors (Lipinski definition) is 2. The van der Waals surface area contributed by atoms with Crippen molar-refractivity contribution in [1.29, 1.82) is 0 Å². The van der Waals surface area contributed by atoms with Gasteiger partial charge in [0, 0.05) is 17.3 Å². The maximum Gasteiger partial charge on any atom is 0.191 e. The van der Waals surface area contributed by atoms with E-state index in [4.69, 9.17) is 12.2 Å². The van der Waals surface area contributed by atoms with Gasteiger partial charge in [-0.2, -0.15) is 5.10 Å². The summed E-state index contributed by atoms with van der Waals surface area (Å²) in [5, 5.41) is 8.09. The van der Waals surface area contributed by atoms with Gasteiger partial charge in [-0.3, -0.25) is 5.43 Å². The number of fused-ring (bicyclic) bond motifs is 1. The number of thiocarbonyl (C=S) groups is 1. The van der Waals surface area contributed by atoms with Gasteiger partial charge in [0.1, 0.15) is 0 Å². The Kier molecular flexibility index (Phi) is 3.34. The van der Waals surface area contributed by atoms with Crippen LogP contribution < -0.4 is 10.7 Å². The van der Waals surface area contributed by atoms with Gasteiger partial charge in [0.15, 0.2) is 5.11 Å². The maximum absolute atomic E-state index is 5.23. The largest absolute Gasteiger partial charge is 0.331 e. The van der Waals surface area contributed by atoms with Crippen LogP contribution in [-0.2, 0) is 0 Å². The third-order valence-corrected chi connectivity index (χ3v) is 3.97. The van der Waals surface area contributed by atoms with Crippen LogP contribution in [0.3, 0.4) is 0 Å². The van der Waals surface area contributed by atoms with Crippen molar-refractivity contribution in [2.45, 2.75) is 19.8 Å². The first kappa shape index (κ1) is 12.4. The normalized spacial score (nSPS) is 25.8. The van der Waals surface area contributed by atoms with E-state index in [9.17, 15) is 0 Å². The average Bonchev–Trinajstić information content (AvgIpc) is 2.74. The second kappa shape index (κ2) is 5.13. The van der Waals surface area contributed by atoms with Crippen molar-refractivity contribution in [3.8, 4) is 0 Å². The Morgan fingerprint density at radius 3 is 2.84 bits per heavy atom. The van der Waals surface area contributed by atoms with E-state index in [-0.39, 0.29) is 0 Å². The molecule has 2 N–H and O–H groups in total. The highest BCUT2D eigenvalue weighted by Gasteiger charge is 2.37. The SMILES string of the molecule is Cc1ccc(NC(=S)N/N=C2/C[C@@H]3C=CC[C@@H]23)cc1. The molecule has 1 fully saturated rings. The van der Waals surface area contributed by atoms with Crippen molar-refractivity contribution in [2.24, 2.45) is 16.9 Å². The van der Waals surface area contributed by atoms with E-state index in [1.165, 1.54) is 11.3 Å². The maximum atomic E-state index is 5.23. The van der Waals surface area contributed by atoms with Crippen LogP contribution in [0.1, 0.15) is 18.4 Å². The van der Waals surface area contributed by atoms with E-state index >= 15 is 0 Å². The van der Waals surface area contributed by atoms with E-state index < -0.39 is 0 Å². The molecule has 2 aliphatic carbocycles. The molecule has 0 radical (unpaired) electrons. The first-order chi connectivity index (χ1) is 9.22. The number of nitrogens with one attached hydrogen (secondary N) is 2. The zero-order chi connectivity index (χ0) is 13.2. The summed E-state index contributed by atoms with van der Waals surface area (Å²) < 4.78 is 0. The molecule has 0 spiro atoms. The molecule has 0 unspecified atom stereocenters. The number of aryl methyl sites for hydroxylation is 1. The Hall–Kier alpha value is -1.68. The molecule has 0 saturated heterocycles. The molecule has 2 atom stereocenters. The van der Waals surface area contributed by atoms with Crippen molar-refractivity contribution in [1.82, 2.24) is 5.43 Å². The van der Waals surface area contributed by atoms with E-state index in [1.54, 1.807) is 0 Å². The summed E-state index contributed by atoms with van der Waals surface area (Å²) in [4.78, 5) is 0. The van der Waals surface area contributed by atoms with Gasteiger partial charge in [0.05, 0.1) is 0 Å². The highest BCUT2D eigenvalue weighted by Crippen LogP contribution is 2.39. The summed E-state index contributed by atoms with van der Waals surface area (Å²) in [5.41, 5.74) is 6.40. The first-order valence-corrected chi connectivity index (χ1v) is 7.00. The number of benzene rings is 1. The van der Waals surface area contributed by atoms with Crippen molar-refractivity contribution in [2.75, 3.05) is 5.32 Å². The minimum atomic E-state index is 0.547. The summed E-state index contributed by atoms with van der Waals surface area (Å²) in [6, 6.07) is 8.13. The molecule has 3 nitrogen and oxygen atoms in total. The predicted octanol–water partition coefficient (Wildman–Crippen LogP) is 3.23. The van der Waals surface area contributed by atoms with E-state index in [2.05, 4.69) is 47.1 Å². The molecule has 2 aliphatic rings. The fourth-order valence-electron chi connectivity index (χ4n) is 2.58. The Bertz CT molecular complexity index is 545. The minimum Gasteiger partial charge on any atom is -0.331 e. The summed E-state index contributed by atoms with van der Waals surface area (Å²) in [7, 11) is 0. The average molecular weight is 271 g/mol. The number of anilines is 1. The fourth-order valence-corrected chi connectivity index (χ4v) is 2.75. The molecule has 3 rings (SSSR count). The number of hydrogen-bond acceptors (Lipinski definition) is 2. The molecule has 0 aromatic heterocycles. The standard InChI is InChI=1S/C15H17N3S/c1-10-5-7-12(8-6-10)16-15(19)18-17-14-9-11-3-2-4-13(11)14/h2-3,5-8,11,13H,4,9H2,1H3,(H2,16,18,19)/b17-14-/t11-,13+/m0/s1. The van der Waals surface area contributed by atoms with Crippen LogP contribution in [0.5, 0.6) is 0 Å². The van der Waals surface area contributed by atoms with Crippen LogP contribution >= 0.6 is 12.2 Å². The molecule has 98 valence electrons. The van der Waals surface area contributed by atoms with Gasteiger partial charge in [0.2, 0.25) is 0 Å². The molecule has 4 heteroatoms. The summed E-state index contributed by atoms with van der Waals surface area (Å²) >= 11 is 5.23. The zero-order valence-electron chi connectivity index (χ0n) is 10.9. The van der Waals surface area contributed by atoms with Gasteiger partial charge in [-0.05, 0) is 50.0 Å². The quantitative estimate of drug-likeness (QED) is 0.492. The molecule has 0 heterocycles. The molecule has 19 heavy (non-hydrogen) atoms. The predicted molar refractivity (Wildman–Crippen MR) is 83.3 cm³/mol. The number of hydrazone groups is 1. The topological polar surface area (TPSA) is 36.4 Å². The van der Waals surface area contributed by atoms with Gasteiger partial charge in [-0.25, -0.2) is 0 Å². The Morgan fingerprint density at radius 2 is 2.11 bits per heavy atom. The number of rotatable bonds is 2. The van der Waals surface area contributed by atoms with Crippen LogP contribution in [0, 0.1) is 18.8 Å². The van der Waals surface area contributed by atoms with Crippen LogP contribution in [0.25, 0.3) is 0 Å². The van der Waals surface area contributed by atoms with Crippen molar-refractivity contribution in [3.05, 3.63) is 42.0 Å². The van der Waals surface area contributed by atoms with Gasteiger partial charge in [-0.1, -0.05) is 29.8 Å². The van der Waals surface area contributed by atoms with Crippen molar-refractivity contribution < 1.29 is 0 Å². The van der Waals surface area contributed by atoms with Crippen molar-refractivity contribution >= 4 is 28.7 Å². The lowest BCUT2D eigenvalue weighted by molar-refractivity contribution is 0.463. The lowest BCUT2D eigenvalue weighted by Gasteiger charge is -2.31. The number of nitrogens with zero attached hydrogens (tertiary/aromatic N) is 1. The second-order valence-electron chi connectivity index (χ2n) is 5.17.